The summed E-state index contributed by atoms with van der Waals surface area (Å²) in [6, 6.07) is 13.9. The summed E-state index contributed by atoms with van der Waals surface area (Å²) < 4.78 is 1.30. The lowest BCUT2D eigenvalue weighted by atomic mass is 10.0. The molecule has 6 nitrogen and oxygen atoms in total. The van der Waals surface area contributed by atoms with Crippen LogP contribution in [0.25, 0.3) is 0 Å². The highest BCUT2D eigenvalue weighted by atomic mass is 16.2. The van der Waals surface area contributed by atoms with Crippen molar-refractivity contribution < 1.29 is 4.79 Å². The molecular formula is C21H26N4O2. The molecule has 6 heteroatoms. The maximum Gasteiger partial charge on any atom is 0.267 e. The van der Waals surface area contributed by atoms with E-state index in [4.69, 9.17) is 0 Å². The molecule has 0 spiro atoms. The molecule has 2 fully saturated rings. The van der Waals surface area contributed by atoms with Crippen LogP contribution in [0.3, 0.4) is 0 Å². The van der Waals surface area contributed by atoms with Gasteiger partial charge >= 0.3 is 0 Å². The Morgan fingerprint density at radius 2 is 1.78 bits per heavy atom. The Morgan fingerprint density at radius 1 is 1.04 bits per heavy atom. The number of hydrogen-bond donors (Lipinski definition) is 1. The van der Waals surface area contributed by atoms with Crippen molar-refractivity contribution >= 4 is 5.91 Å². The van der Waals surface area contributed by atoms with E-state index in [1.54, 1.807) is 6.07 Å². The number of aromatic nitrogens is 2. The molecule has 0 bridgehead atoms. The zero-order valence-electron chi connectivity index (χ0n) is 15.5. The van der Waals surface area contributed by atoms with Gasteiger partial charge < -0.3 is 5.32 Å². The molecule has 0 unspecified atom stereocenters. The van der Waals surface area contributed by atoms with Crippen LogP contribution < -0.4 is 10.9 Å². The average Bonchev–Trinajstić information content (AvgIpc) is 3.51. The fourth-order valence-electron chi connectivity index (χ4n) is 3.66. The number of hydrogen-bond acceptors (Lipinski definition) is 4. The van der Waals surface area contributed by atoms with Crippen molar-refractivity contribution in [1.29, 1.82) is 0 Å². The van der Waals surface area contributed by atoms with Gasteiger partial charge in [0.2, 0.25) is 5.91 Å². The number of nitrogens with one attached hydrogen (secondary N) is 1. The molecule has 1 aromatic carbocycles. The molecule has 2 heterocycles. The summed E-state index contributed by atoms with van der Waals surface area (Å²) in [6.45, 7) is 2.89. The smallest absolute Gasteiger partial charge is 0.267 e. The van der Waals surface area contributed by atoms with Crippen LogP contribution in [0.15, 0.2) is 47.3 Å². The molecule has 1 aliphatic heterocycles. The fourth-order valence-corrected chi connectivity index (χ4v) is 3.66. The molecule has 1 aliphatic carbocycles. The summed E-state index contributed by atoms with van der Waals surface area (Å²) in [4.78, 5) is 26.8. The monoisotopic (exact) mass is 366 g/mol. The molecule has 1 saturated carbocycles. The third kappa shape index (κ3) is 4.83. The Labute approximate surface area is 159 Å². The van der Waals surface area contributed by atoms with E-state index in [0.717, 1.165) is 51.0 Å². The minimum absolute atomic E-state index is 0.00359. The van der Waals surface area contributed by atoms with Gasteiger partial charge in [0.1, 0.15) is 6.54 Å². The number of carbonyl (C=O) groups excluding carboxylic acids is 1. The van der Waals surface area contributed by atoms with Crippen molar-refractivity contribution in [2.24, 2.45) is 0 Å². The van der Waals surface area contributed by atoms with Crippen molar-refractivity contribution in [2.75, 3.05) is 13.1 Å². The molecule has 4 rings (SSSR count). The van der Waals surface area contributed by atoms with E-state index in [1.807, 2.05) is 6.07 Å². The predicted molar refractivity (Wildman–Crippen MR) is 103 cm³/mol. The van der Waals surface area contributed by atoms with E-state index in [1.165, 1.54) is 16.3 Å². The molecule has 2 aromatic rings. The van der Waals surface area contributed by atoms with Crippen LogP contribution >= 0.6 is 0 Å². The molecule has 2 aliphatic rings. The van der Waals surface area contributed by atoms with Crippen molar-refractivity contribution in [1.82, 2.24) is 20.0 Å². The lowest BCUT2D eigenvalue weighted by Gasteiger charge is -2.32. The Balaban J connectivity index is 1.26. The molecule has 0 radical (unpaired) electrons. The first-order valence-electron chi connectivity index (χ1n) is 9.81. The van der Waals surface area contributed by atoms with Gasteiger partial charge in [0.15, 0.2) is 0 Å². The molecule has 0 atom stereocenters. The maximum absolute atomic E-state index is 12.4. The number of carbonyl (C=O) groups is 1. The Bertz CT molecular complexity index is 837. The predicted octanol–water partition coefficient (Wildman–Crippen LogP) is 1.90. The number of piperidine rings is 1. The lowest BCUT2D eigenvalue weighted by molar-refractivity contribution is -0.123. The van der Waals surface area contributed by atoms with Crippen molar-refractivity contribution in [2.45, 2.75) is 50.7 Å². The second-order valence-electron chi connectivity index (χ2n) is 7.63. The van der Waals surface area contributed by atoms with Crippen molar-refractivity contribution in [3.05, 3.63) is 64.1 Å². The van der Waals surface area contributed by atoms with Gasteiger partial charge in [0.05, 0.1) is 5.69 Å². The molecule has 1 N–H and O–H groups in total. The Kier molecular flexibility index (Phi) is 5.34. The van der Waals surface area contributed by atoms with Crippen LogP contribution in [0.5, 0.6) is 0 Å². The molecule has 1 aromatic heterocycles. The normalized spacial score (nSPS) is 18.4. The highest BCUT2D eigenvalue weighted by Gasteiger charge is 2.26. The second kappa shape index (κ2) is 8.05. The van der Waals surface area contributed by atoms with Crippen LogP contribution in [0.1, 0.15) is 42.9 Å². The first-order valence-corrected chi connectivity index (χ1v) is 9.81. The Morgan fingerprint density at radius 3 is 2.48 bits per heavy atom. The van der Waals surface area contributed by atoms with Gasteiger partial charge in [-0.2, -0.15) is 5.10 Å². The van der Waals surface area contributed by atoms with E-state index >= 15 is 0 Å². The van der Waals surface area contributed by atoms with Gasteiger partial charge in [-0.3, -0.25) is 14.5 Å². The summed E-state index contributed by atoms with van der Waals surface area (Å²) in [5.41, 5.74) is 2.03. The number of benzene rings is 1. The lowest BCUT2D eigenvalue weighted by Crippen LogP contribution is -2.46. The standard InChI is InChI=1S/C21H26N4O2/c26-20(15-25-21(27)9-8-19(23-25)17-6-7-17)22-18-10-12-24(13-11-18)14-16-4-2-1-3-5-16/h1-5,8-9,17-18H,6-7,10-15H2,(H,22,26). The minimum atomic E-state index is -0.216. The van der Waals surface area contributed by atoms with Crippen LogP contribution in [0.4, 0.5) is 0 Å². The van der Waals surface area contributed by atoms with Crippen molar-refractivity contribution in [3.8, 4) is 0 Å². The zero-order chi connectivity index (χ0) is 18.6. The van der Waals surface area contributed by atoms with Gasteiger partial charge in [0, 0.05) is 37.7 Å². The third-order valence-electron chi connectivity index (χ3n) is 5.38. The number of rotatable bonds is 6. The summed E-state index contributed by atoms with van der Waals surface area (Å²) in [6.07, 6.45) is 4.12. The van der Waals surface area contributed by atoms with Crippen LogP contribution in [0.2, 0.25) is 0 Å². The van der Waals surface area contributed by atoms with Gasteiger partial charge in [-0.05, 0) is 37.3 Å². The van der Waals surface area contributed by atoms with Gasteiger partial charge in [-0.1, -0.05) is 30.3 Å². The molecular weight excluding hydrogens is 340 g/mol. The second-order valence-corrected chi connectivity index (χ2v) is 7.63. The molecule has 1 amide bonds. The summed E-state index contributed by atoms with van der Waals surface area (Å²) in [5, 5.41) is 7.44. The van der Waals surface area contributed by atoms with Gasteiger partial charge in [0.25, 0.3) is 5.56 Å². The summed E-state index contributed by atoms with van der Waals surface area (Å²) in [7, 11) is 0. The number of amides is 1. The highest BCUT2D eigenvalue weighted by Crippen LogP contribution is 2.38. The fraction of sp³-hybridized carbons (Fsp3) is 0.476. The molecule has 27 heavy (non-hydrogen) atoms. The number of nitrogens with zero attached hydrogens (tertiary/aromatic N) is 3. The van der Waals surface area contributed by atoms with Crippen molar-refractivity contribution in [3.63, 3.8) is 0 Å². The van der Waals surface area contributed by atoms with E-state index in [2.05, 4.69) is 39.6 Å². The van der Waals surface area contributed by atoms with E-state index in [-0.39, 0.29) is 24.1 Å². The minimum Gasteiger partial charge on any atom is -0.352 e. The van der Waals surface area contributed by atoms with Gasteiger partial charge in [-0.15, -0.1) is 0 Å². The summed E-state index contributed by atoms with van der Waals surface area (Å²) >= 11 is 0. The van der Waals surface area contributed by atoms with Crippen LogP contribution in [-0.2, 0) is 17.9 Å². The number of likely N-dealkylation sites (tertiary alicyclic amines) is 1. The zero-order valence-corrected chi connectivity index (χ0v) is 15.5. The molecule has 142 valence electrons. The quantitative estimate of drug-likeness (QED) is 0.848. The SMILES string of the molecule is O=C(Cn1nc(C2CC2)ccc1=O)NC1CCN(Cc2ccccc2)CC1. The third-order valence-corrected chi connectivity index (χ3v) is 5.38. The average molecular weight is 366 g/mol. The highest BCUT2D eigenvalue weighted by molar-refractivity contribution is 5.75. The van der Waals surface area contributed by atoms with Crippen LogP contribution in [0, 0.1) is 0 Å². The van der Waals surface area contributed by atoms with Gasteiger partial charge in [-0.25, -0.2) is 4.68 Å². The summed E-state index contributed by atoms with van der Waals surface area (Å²) in [5.74, 6) is 0.341. The topological polar surface area (TPSA) is 67.2 Å². The first kappa shape index (κ1) is 17.9. The van der Waals surface area contributed by atoms with E-state index in [0.29, 0.717) is 5.92 Å². The van der Waals surface area contributed by atoms with E-state index in [9.17, 15) is 9.59 Å². The maximum atomic E-state index is 12.4. The van der Waals surface area contributed by atoms with Crippen LogP contribution in [-0.4, -0.2) is 39.7 Å². The largest absolute Gasteiger partial charge is 0.352 e. The Hall–Kier alpha value is -2.47. The van der Waals surface area contributed by atoms with E-state index < -0.39 is 0 Å². The molecule has 1 saturated heterocycles. The first-order chi connectivity index (χ1) is 13.2.